The Morgan fingerprint density at radius 1 is 0.864 bits per heavy atom. The third-order valence-electron chi connectivity index (χ3n) is 7.75. The summed E-state index contributed by atoms with van der Waals surface area (Å²) in [5, 5.41) is 18.9. The molecule has 12 heteroatoms. The maximum absolute atomic E-state index is 13.6. The van der Waals surface area contributed by atoms with Gasteiger partial charge in [-0.05, 0) is 29.5 Å². The van der Waals surface area contributed by atoms with Crippen molar-refractivity contribution in [1.82, 2.24) is 30.9 Å². The number of para-hydroxylation sites is 1. The van der Waals surface area contributed by atoms with Crippen molar-refractivity contribution in [3.8, 4) is 0 Å². The number of fused-ring (bicyclic) bond motifs is 1. The fraction of sp³-hybridized carbons (Fsp3) is 0.344. The van der Waals surface area contributed by atoms with Gasteiger partial charge < -0.3 is 36.8 Å². The van der Waals surface area contributed by atoms with Crippen molar-refractivity contribution in [2.75, 3.05) is 0 Å². The van der Waals surface area contributed by atoms with E-state index < -0.39 is 47.9 Å². The lowest BCUT2D eigenvalue weighted by molar-refractivity contribution is -0.142. The van der Waals surface area contributed by atoms with E-state index in [9.17, 15) is 24.3 Å². The zero-order valence-corrected chi connectivity index (χ0v) is 24.7. The fourth-order valence-electron chi connectivity index (χ4n) is 5.00. The van der Waals surface area contributed by atoms with Gasteiger partial charge in [-0.2, -0.15) is 0 Å². The number of aromatic nitrogens is 3. The topological polar surface area (TPSA) is 195 Å². The van der Waals surface area contributed by atoms with Crippen LogP contribution >= 0.6 is 0 Å². The van der Waals surface area contributed by atoms with Gasteiger partial charge in [0.2, 0.25) is 17.7 Å². The minimum absolute atomic E-state index is 0.0195. The molecular formula is C32H39N7O5. The lowest BCUT2D eigenvalue weighted by Crippen LogP contribution is -2.59. The van der Waals surface area contributed by atoms with Crippen LogP contribution in [0.4, 0.5) is 0 Å². The first-order valence-electron chi connectivity index (χ1n) is 14.6. The molecule has 2 aromatic carbocycles. The number of benzene rings is 2. The fourth-order valence-corrected chi connectivity index (χ4v) is 5.00. The van der Waals surface area contributed by atoms with E-state index in [-0.39, 0.29) is 18.8 Å². The highest BCUT2D eigenvalue weighted by molar-refractivity contribution is 5.94. The van der Waals surface area contributed by atoms with Crippen molar-refractivity contribution in [2.24, 2.45) is 11.7 Å². The Hall–Kier alpha value is -4.97. The van der Waals surface area contributed by atoms with Crippen molar-refractivity contribution < 1.29 is 24.3 Å². The van der Waals surface area contributed by atoms with Gasteiger partial charge in [0.15, 0.2) is 0 Å². The number of aliphatic carboxylic acids is 1. The molecule has 0 aliphatic heterocycles. The van der Waals surface area contributed by atoms with Gasteiger partial charge in [-0.3, -0.25) is 14.4 Å². The van der Waals surface area contributed by atoms with E-state index in [2.05, 4.69) is 30.9 Å². The molecular weight excluding hydrogens is 562 g/mol. The molecule has 44 heavy (non-hydrogen) atoms. The summed E-state index contributed by atoms with van der Waals surface area (Å²) < 4.78 is 0. The number of nitrogens with two attached hydrogens (primary N) is 1. The molecule has 0 spiro atoms. The van der Waals surface area contributed by atoms with E-state index >= 15 is 0 Å². The Kier molecular flexibility index (Phi) is 10.9. The molecule has 5 unspecified atom stereocenters. The highest BCUT2D eigenvalue weighted by Gasteiger charge is 2.33. The largest absolute Gasteiger partial charge is 0.480 e. The zero-order chi connectivity index (χ0) is 31.6. The summed E-state index contributed by atoms with van der Waals surface area (Å²) in [5.74, 6) is -3.26. The number of carboxylic acid groups (broad SMARTS) is 1. The number of hydrogen-bond donors (Lipinski definition) is 7. The average molecular weight is 602 g/mol. The molecule has 232 valence electrons. The summed E-state index contributed by atoms with van der Waals surface area (Å²) >= 11 is 0. The minimum Gasteiger partial charge on any atom is -0.480 e. The van der Waals surface area contributed by atoms with Gasteiger partial charge in [0.1, 0.15) is 18.1 Å². The van der Waals surface area contributed by atoms with Crippen LogP contribution in [0.3, 0.4) is 0 Å². The number of carbonyl (C=O) groups is 4. The van der Waals surface area contributed by atoms with Crippen molar-refractivity contribution >= 4 is 34.6 Å². The minimum atomic E-state index is -1.26. The number of nitrogens with zero attached hydrogens (tertiary/aromatic N) is 1. The summed E-state index contributed by atoms with van der Waals surface area (Å²) in [7, 11) is 0. The van der Waals surface area contributed by atoms with E-state index in [4.69, 9.17) is 5.73 Å². The van der Waals surface area contributed by atoms with Crippen LogP contribution in [0.2, 0.25) is 0 Å². The van der Waals surface area contributed by atoms with E-state index in [1.54, 1.807) is 6.20 Å². The van der Waals surface area contributed by atoms with Gasteiger partial charge in [0, 0.05) is 41.8 Å². The second kappa shape index (κ2) is 15.0. The Morgan fingerprint density at radius 2 is 1.57 bits per heavy atom. The summed E-state index contributed by atoms with van der Waals surface area (Å²) in [6.07, 6.45) is 5.59. The Bertz CT molecular complexity index is 1550. The van der Waals surface area contributed by atoms with Crippen LogP contribution in [0.25, 0.3) is 10.9 Å². The summed E-state index contributed by atoms with van der Waals surface area (Å²) in [5.41, 5.74) is 9.20. The number of amides is 3. The van der Waals surface area contributed by atoms with Crippen LogP contribution in [-0.4, -0.2) is 67.9 Å². The van der Waals surface area contributed by atoms with Gasteiger partial charge in [-0.1, -0.05) is 68.8 Å². The smallest absolute Gasteiger partial charge is 0.326 e. The van der Waals surface area contributed by atoms with Crippen LogP contribution < -0.4 is 21.7 Å². The number of aromatic amines is 2. The third kappa shape index (κ3) is 8.32. The number of rotatable bonds is 15. The van der Waals surface area contributed by atoms with E-state index in [0.717, 1.165) is 22.0 Å². The highest BCUT2D eigenvalue weighted by atomic mass is 16.4. The SMILES string of the molecule is CCC(C)C(NC(=O)C(N)Cc1ccccc1)C(=O)NC(Cc1cnc[nH]1)C(=O)NC(Cc1c[nH]c2ccccc12)C(=O)O. The highest BCUT2D eigenvalue weighted by Crippen LogP contribution is 2.19. The lowest BCUT2D eigenvalue weighted by atomic mass is 9.96. The van der Waals surface area contributed by atoms with Crippen LogP contribution in [0.5, 0.6) is 0 Å². The van der Waals surface area contributed by atoms with Crippen molar-refractivity contribution in [1.29, 1.82) is 0 Å². The second-order valence-electron chi connectivity index (χ2n) is 11.0. The van der Waals surface area contributed by atoms with Gasteiger partial charge in [-0.25, -0.2) is 9.78 Å². The molecule has 0 radical (unpaired) electrons. The number of hydrogen-bond acceptors (Lipinski definition) is 6. The summed E-state index contributed by atoms with van der Waals surface area (Å²) in [6, 6.07) is 12.5. The summed E-state index contributed by atoms with van der Waals surface area (Å²) in [6.45, 7) is 3.71. The number of imidazole rings is 1. The number of carboxylic acids is 1. The summed E-state index contributed by atoms with van der Waals surface area (Å²) in [4.78, 5) is 62.5. The zero-order valence-electron chi connectivity index (χ0n) is 24.7. The first kappa shape index (κ1) is 32.0. The molecule has 2 heterocycles. The van der Waals surface area contributed by atoms with Crippen LogP contribution in [0.15, 0.2) is 73.3 Å². The number of nitrogens with one attached hydrogen (secondary N) is 5. The molecule has 4 rings (SSSR count). The maximum atomic E-state index is 13.6. The third-order valence-corrected chi connectivity index (χ3v) is 7.75. The van der Waals surface area contributed by atoms with Crippen molar-refractivity contribution in [3.05, 3.63) is 90.1 Å². The van der Waals surface area contributed by atoms with Crippen LogP contribution in [-0.2, 0) is 38.4 Å². The second-order valence-corrected chi connectivity index (χ2v) is 11.0. The van der Waals surface area contributed by atoms with Crippen LogP contribution in [0, 0.1) is 5.92 Å². The molecule has 3 amide bonds. The molecule has 8 N–H and O–H groups in total. The van der Waals surface area contributed by atoms with Gasteiger partial charge in [0.05, 0.1) is 12.4 Å². The van der Waals surface area contributed by atoms with E-state index in [1.807, 2.05) is 68.4 Å². The normalized spacial score (nSPS) is 14.6. The maximum Gasteiger partial charge on any atom is 0.326 e. The molecule has 0 aliphatic rings. The molecule has 5 atom stereocenters. The Labute approximate surface area is 255 Å². The monoisotopic (exact) mass is 601 g/mol. The number of H-pyrrole nitrogens is 2. The predicted octanol–water partition coefficient (Wildman–Crippen LogP) is 1.83. The van der Waals surface area contributed by atoms with Crippen molar-refractivity contribution in [2.45, 2.75) is 63.7 Å². The quantitative estimate of drug-likeness (QED) is 0.108. The molecule has 4 aromatic rings. The molecule has 0 aliphatic carbocycles. The number of carbonyl (C=O) groups excluding carboxylic acids is 3. The molecule has 2 aromatic heterocycles. The first-order valence-corrected chi connectivity index (χ1v) is 14.6. The molecule has 0 saturated heterocycles. The van der Waals surface area contributed by atoms with Gasteiger partial charge in [-0.15, -0.1) is 0 Å². The standard InChI is InChI=1S/C32H39N7O5/c1-3-19(2)28(39-29(40)24(33)13-20-9-5-4-6-10-20)31(42)37-26(15-22-17-34-18-36-22)30(41)38-27(32(43)44)14-21-16-35-25-12-8-7-11-23(21)25/h4-12,16-19,24,26-28,35H,3,13-15,33H2,1-2H3,(H,34,36)(H,37,42)(H,38,41)(H,39,40)(H,43,44). The van der Waals surface area contributed by atoms with E-state index in [1.165, 1.54) is 12.5 Å². The predicted molar refractivity (Wildman–Crippen MR) is 165 cm³/mol. The lowest BCUT2D eigenvalue weighted by Gasteiger charge is -2.28. The molecule has 0 bridgehead atoms. The molecule has 0 saturated carbocycles. The van der Waals surface area contributed by atoms with Gasteiger partial charge in [0.25, 0.3) is 0 Å². The Balaban J connectivity index is 1.49. The average Bonchev–Trinajstić information content (AvgIpc) is 3.69. The van der Waals surface area contributed by atoms with Gasteiger partial charge >= 0.3 is 5.97 Å². The first-order chi connectivity index (χ1) is 21.2. The molecule has 0 fully saturated rings. The molecule has 12 nitrogen and oxygen atoms in total. The Morgan fingerprint density at radius 3 is 2.25 bits per heavy atom. The van der Waals surface area contributed by atoms with E-state index in [0.29, 0.717) is 18.5 Å². The van der Waals surface area contributed by atoms with Crippen molar-refractivity contribution in [3.63, 3.8) is 0 Å². The van der Waals surface area contributed by atoms with Crippen LogP contribution in [0.1, 0.15) is 37.1 Å².